The standard InChI is InChI=1S/C16H12F3N7/c17-16(18,19)15-23-22-14-7-6-13(24-26(14)15)21-12-8-20-25(10-12)9-11-4-2-1-3-5-11/h1-8,10H,9H2,(H,21,24). The maximum atomic E-state index is 12.9. The largest absolute Gasteiger partial charge is 0.453 e. The molecule has 0 bridgehead atoms. The molecule has 132 valence electrons. The van der Waals surface area contributed by atoms with Gasteiger partial charge in [0.2, 0.25) is 0 Å². The van der Waals surface area contributed by atoms with Crippen LogP contribution in [0, 0.1) is 0 Å². The average Bonchev–Trinajstić information content (AvgIpc) is 3.22. The Hall–Kier alpha value is -3.43. The van der Waals surface area contributed by atoms with Gasteiger partial charge < -0.3 is 5.32 Å². The van der Waals surface area contributed by atoms with E-state index in [0.29, 0.717) is 16.7 Å². The second kappa shape index (κ2) is 6.14. The molecule has 0 saturated heterocycles. The first-order valence-corrected chi connectivity index (χ1v) is 7.62. The second-order valence-electron chi connectivity index (χ2n) is 5.55. The molecule has 10 heteroatoms. The molecule has 0 atom stereocenters. The summed E-state index contributed by atoms with van der Waals surface area (Å²) in [6.07, 6.45) is -1.31. The lowest BCUT2D eigenvalue weighted by molar-refractivity contribution is -0.146. The van der Waals surface area contributed by atoms with E-state index in [-0.39, 0.29) is 11.5 Å². The highest BCUT2D eigenvalue weighted by Gasteiger charge is 2.37. The number of alkyl halides is 3. The quantitative estimate of drug-likeness (QED) is 0.606. The van der Waals surface area contributed by atoms with Crippen molar-refractivity contribution in [3.63, 3.8) is 0 Å². The molecule has 0 aliphatic heterocycles. The van der Waals surface area contributed by atoms with Crippen LogP contribution in [-0.2, 0) is 12.7 Å². The molecule has 26 heavy (non-hydrogen) atoms. The van der Waals surface area contributed by atoms with Gasteiger partial charge in [0, 0.05) is 6.20 Å². The highest BCUT2D eigenvalue weighted by Crippen LogP contribution is 2.27. The van der Waals surface area contributed by atoms with E-state index in [1.807, 2.05) is 30.3 Å². The van der Waals surface area contributed by atoms with Gasteiger partial charge in [-0.1, -0.05) is 30.3 Å². The normalized spacial score (nSPS) is 11.8. The zero-order valence-electron chi connectivity index (χ0n) is 13.2. The molecule has 0 spiro atoms. The lowest BCUT2D eigenvalue weighted by Gasteiger charge is -2.06. The van der Waals surface area contributed by atoms with E-state index in [0.717, 1.165) is 5.56 Å². The highest BCUT2D eigenvalue weighted by atomic mass is 19.4. The number of hydrogen-bond acceptors (Lipinski definition) is 5. The molecule has 0 aliphatic rings. The lowest BCUT2D eigenvalue weighted by atomic mass is 10.2. The van der Waals surface area contributed by atoms with Crippen LogP contribution < -0.4 is 5.32 Å². The third-order valence-corrected chi connectivity index (χ3v) is 3.61. The minimum Gasteiger partial charge on any atom is -0.336 e. The molecule has 4 rings (SSSR count). The molecule has 0 fully saturated rings. The first-order valence-electron chi connectivity index (χ1n) is 7.62. The van der Waals surface area contributed by atoms with E-state index in [2.05, 4.69) is 25.7 Å². The van der Waals surface area contributed by atoms with Crippen LogP contribution in [0.2, 0.25) is 0 Å². The number of hydrogen-bond donors (Lipinski definition) is 1. The van der Waals surface area contributed by atoms with Crippen molar-refractivity contribution in [2.75, 3.05) is 5.32 Å². The summed E-state index contributed by atoms with van der Waals surface area (Å²) >= 11 is 0. The fraction of sp³-hybridized carbons (Fsp3) is 0.125. The number of benzene rings is 1. The van der Waals surface area contributed by atoms with Crippen LogP contribution in [0.25, 0.3) is 5.65 Å². The van der Waals surface area contributed by atoms with Crippen molar-refractivity contribution in [2.45, 2.75) is 12.7 Å². The van der Waals surface area contributed by atoms with Crippen LogP contribution in [0.5, 0.6) is 0 Å². The monoisotopic (exact) mass is 359 g/mol. The number of fused-ring (bicyclic) bond motifs is 1. The Morgan fingerprint density at radius 2 is 1.81 bits per heavy atom. The zero-order chi connectivity index (χ0) is 18.1. The summed E-state index contributed by atoms with van der Waals surface area (Å²) in [5.74, 6) is -0.946. The van der Waals surface area contributed by atoms with Gasteiger partial charge in [-0.25, -0.2) is 0 Å². The van der Waals surface area contributed by atoms with Gasteiger partial charge in [-0.3, -0.25) is 4.68 Å². The number of aromatic nitrogens is 6. The third-order valence-electron chi connectivity index (χ3n) is 3.61. The lowest BCUT2D eigenvalue weighted by Crippen LogP contribution is -2.13. The van der Waals surface area contributed by atoms with Crippen molar-refractivity contribution >= 4 is 17.2 Å². The summed E-state index contributed by atoms with van der Waals surface area (Å²) in [6, 6.07) is 12.7. The van der Waals surface area contributed by atoms with Crippen molar-refractivity contribution in [3.8, 4) is 0 Å². The summed E-state index contributed by atoms with van der Waals surface area (Å²) in [7, 11) is 0. The number of halogens is 3. The molecule has 1 N–H and O–H groups in total. The Balaban J connectivity index is 1.56. The summed E-state index contributed by atoms with van der Waals surface area (Å²) in [5, 5.41) is 17.7. The third kappa shape index (κ3) is 3.21. The van der Waals surface area contributed by atoms with E-state index >= 15 is 0 Å². The maximum Gasteiger partial charge on any atom is 0.453 e. The zero-order valence-corrected chi connectivity index (χ0v) is 13.2. The minimum atomic E-state index is -4.63. The maximum absolute atomic E-state index is 12.9. The molecule has 0 unspecified atom stereocenters. The molecule has 4 aromatic rings. The van der Waals surface area contributed by atoms with E-state index in [4.69, 9.17) is 0 Å². The molecule has 0 aliphatic carbocycles. The first-order chi connectivity index (χ1) is 12.5. The van der Waals surface area contributed by atoms with E-state index in [1.165, 1.54) is 12.1 Å². The molecule has 0 radical (unpaired) electrons. The molecule has 0 amide bonds. The van der Waals surface area contributed by atoms with Crippen molar-refractivity contribution < 1.29 is 13.2 Å². The molecule has 1 aromatic carbocycles. The summed E-state index contributed by atoms with van der Waals surface area (Å²) in [6.45, 7) is 0.582. The number of rotatable bonds is 4. The Kier molecular flexibility index (Phi) is 3.79. The fourth-order valence-electron chi connectivity index (χ4n) is 2.47. The van der Waals surface area contributed by atoms with Crippen LogP contribution in [0.15, 0.2) is 54.9 Å². The van der Waals surface area contributed by atoms with Crippen molar-refractivity contribution in [3.05, 3.63) is 66.2 Å². The van der Waals surface area contributed by atoms with Gasteiger partial charge in [0.05, 0.1) is 18.4 Å². The summed E-state index contributed by atoms with van der Waals surface area (Å²) in [4.78, 5) is 0. The Bertz CT molecular complexity index is 1040. The number of nitrogens with zero attached hydrogens (tertiary/aromatic N) is 6. The molecular formula is C16H12F3N7. The van der Waals surface area contributed by atoms with Gasteiger partial charge in [0.1, 0.15) is 0 Å². The SMILES string of the molecule is FC(F)(F)c1nnc2ccc(Nc3cnn(Cc4ccccc4)c3)nn12. The average molecular weight is 359 g/mol. The van der Waals surface area contributed by atoms with Gasteiger partial charge in [-0.05, 0) is 17.7 Å². The van der Waals surface area contributed by atoms with Crippen LogP contribution in [-0.4, -0.2) is 29.6 Å². The first kappa shape index (κ1) is 16.1. The van der Waals surface area contributed by atoms with E-state index < -0.39 is 12.0 Å². The number of anilines is 2. The fourth-order valence-corrected chi connectivity index (χ4v) is 2.47. The van der Waals surface area contributed by atoms with Crippen LogP contribution in [0.4, 0.5) is 24.7 Å². The second-order valence-corrected chi connectivity index (χ2v) is 5.55. The molecule has 3 aromatic heterocycles. The van der Waals surface area contributed by atoms with Gasteiger partial charge in [-0.15, -0.1) is 15.3 Å². The Labute approximate surface area is 145 Å². The molecular weight excluding hydrogens is 347 g/mol. The smallest absolute Gasteiger partial charge is 0.336 e. The van der Waals surface area contributed by atoms with Gasteiger partial charge >= 0.3 is 6.18 Å². The Morgan fingerprint density at radius 3 is 2.58 bits per heavy atom. The van der Waals surface area contributed by atoms with Crippen LogP contribution >= 0.6 is 0 Å². The van der Waals surface area contributed by atoms with E-state index in [9.17, 15) is 13.2 Å². The van der Waals surface area contributed by atoms with Crippen molar-refractivity contribution in [2.24, 2.45) is 0 Å². The molecule has 3 heterocycles. The minimum absolute atomic E-state index is 0.0163. The van der Waals surface area contributed by atoms with Crippen molar-refractivity contribution in [1.29, 1.82) is 0 Å². The van der Waals surface area contributed by atoms with Gasteiger partial charge in [-0.2, -0.15) is 22.8 Å². The highest BCUT2D eigenvalue weighted by molar-refractivity contribution is 5.55. The summed E-state index contributed by atoms with van der Waals surface area (Å²) in [5.41, 5.74) is 1.71. The number of nitrogens with one attached hydrogen (secondary N) is 1. The molecule has 0 saturated carbocycles. The van der Waals surface area contributed by atoms with Crippen LogP contribution in [0.1, 0.15) is 11.4 Å². The van der Waals surface area contributed by atoms with Crippen LogP contribution in [0.3, 0.4) is 0 Å². The topological polar surface area (TPSA) is 72.9 Å². The Morgan fingerprint density at radius 1 is 1.00 bits per heavy atom. The predicted octanol–water partition coefficient (Wildman–Crippen LogP) is 3.13. The molecule has 7 nitrogen and oxygen atoms in total. The van der Waals surface area contributed by atoms with Crippen molar-refractivity contribution in [1.82, 2.24) is 29.6 Å². The van der Waals surface area contributed by atoms with Gasteiger partial charge in [0.15, 0.2) is 11.5 Å². The van der Waals surface area contributed by atoms with Gasteiger partial charge in [0.25, 0.3) is 5.82 Å². The summed E-state index contributed by atoms with van der Waals surface area (Å²) < 4.78 is 41.2. The van der Waals surface area contributed by atoms with E-state index in [1.54, 1.807) is 17.1 Å². The predicted molar refractivity (Wildman–Crippen MR) is 86.8 cm³/mol.